The van der Waals surface area contributed by atoms with E-state index < -0.39 is 5.91 Å². The highest BCUT2D eigenvalue weighted by atomic mass is 35.5. The molecular weight excluding hydrogens is 276 g/mol. The summed E-state index contributed by atoms with van der Waals surface area (Å²) in [5.41, 5.74) is 6.64. The molecule has 0 saturated carbocycles. The number of carbonyl (C=O) groups excluding carboxylic acids is 1. The van der Waals surface area contributed by atoms with Crippen LogP contribution in [0, 0.1) is 0 Å². The summed E-state index contributed by atoms with van der Waals surface area (Å²) in [6.45, 7) is 1.50. The zero-order chi connectivity index (χ0) is 14.7. The van der Waals surface area contributed by atoms with Crippen molar-refractivity contribution in [2.24, 2.45) is 10.7 Å². The van der Waals surface area contributed by atoms with E-state index in [0.29, 0.717) is 10.6 Å². The number of phenolic OH excluding ortho intramolecular Hbond substituents is 1. The summed E-state index contributed by atoms with van der Waals surface area (Å²) >= 11 is 6.17. The summed E-state index contributed by atoms with van der Waals surface area (Å²) in [6, 6.07) is 12.0. The predicted octanol–water partition coefficient (Wildman–Crippen LogP) is 3.23. The van der Waals surface area contributed by atoms with Gasteiger partial charge in [0.15, 0.2) is 0 Å². The predicted molar refractivity (Wildman–Crippen MR) is 80.2 cm³/mol. The average molecular weight is 289 g/mol. The molecule has 2 aromatic rings. The molecular formula is C15H13ClN2O2. The van der Waals surface area contributed by atoms with Crippen molar-refractivity contribution in [2.75, 3.05) is 0 Å². The van der Waals surface area contributed by atoms with Crippen LogP contribution in [0.3, 0.4) is 0 Å². The Morgan fingerprint density at radius 2 is 1.85 bits per heavy atom. The molecule has 0 radical (unpaired) electrons. The molecule has 1 amide bonds. The Morgan fingerprint density at radius 3 is 2.45 bits per heavy atom. The summed E-state index contributed by atoms with van der Waals surface area (Å²) in [5, 5.41) is 10.3. The van der Waals surface area contributed by atoms with Gasteiger partial charge in [-0.1, -0.05) is 41.9 Å². The molecule has 0 atom stereocenters. The maximum Gasteiger partial charge on any atom is 0.283 e. The van der Waals surface area contributed by atoms with E-state index >= 15 is 0 Å². The fourth-order valence-electron chi connectivity index (χ4n) is 1.89. The molecule has 0 aliphatic rings. The number of halogens is 1. The Morgan fingerprint density at radius 1 is 1.20 bits per heavy atom. The molecule has 0 heterocycles. The molecule has 0 aromatic heterocycles. The number of nitrogens with zero attached hydrogens (tertiary/aromatic N) is 1. The molecule has 0 saturated heterocycles. The molecule has 0 aliphatic heterocycles. The topological polar surface area (TPSA) is 75.7 Å². The second-order valence-corrected chi connectivity index (χ2v) is 4.65. The minimum absolute atomic E-state index is 0.0495. The van der Waals surface area contributed by atoms with Gasteiger partial charge in [0.2, 0.25) is 0 Å². The van der Waals surface area contributed by atoms with Gasteiger partial charge in [0.1, 0.15) is 11.6 Å². The molecule has 3 N–H and O–H groups in total. The Kier molecular flexibility index (Phi) is 4.05. The maximum atomic E-state index is 12.1. The highest BCUT2D eigenvalue weighted by Crippen LogP contribution is 2.36. The number of benzene rings is 2. The third-order valence-corrected chi connectivity index (χ3v) is 3.00. The van der Waals surface area contributed by atoms with Gasteiger partial charge < -0.3 is 10.8 Å². The van der Waals surface area contributed by atoms with Crippen molar-refractivity contribution in [1.29, 1.82) is 0 Å². The van der Waals surface area contributed by atoms with Crippen LogP contribution in [0.5, 0.6) is 5.75 Å². The first kappa shape index (κ1) is 14.1. The molecule has 0 fully saturated rings. The van der Waals surface area contributed by atoms with Crippen molar-refractivity contribution in [2.45, 2.75) is 6.92 Å². The fraction of sp³-hybridized carbons (Fsp3) is 0.0667. The number of rotatable bonds is 2. The van der Waals surface area contributed by atoms with Crippen LogP contribution in [0.25, 0.3) is 11.1 Å². The Bertz CT molecular complexity index is 678. The number of nitrogens with two attached hydrogens (primary N) is 1. The van der Waals surface area contributed by atoms with Crippen LogP contribution in [-0.4, -0.2) is 16.8 Å². The third kappa shape index (κ3) is 2.81. The van der Waals surface area contributed by atoms with Crippen molar-refractivity contribution in [3.8, 4) is 16.9 Å². The van der Waals surface area contributed by atoms with Crippen molar-refractivity contribution in [3.63, 3.8) is 0 Å². The lowest BCUT2D eigenvalue weighted by atomic mass is 9.98. The van der Waals surface area contributed by atoms with E-state index in [4.69, 9.17) is 17.3 Å². The van der Waals surface area contributed by atoms with E-state index in [2.05, 4.69) is 4.99 Å². The van der Waals surface area contributed by atoms with E-state index in [1.165, 1.54) is 19.1 Å². The van der Waals surface area contributed by atoms with Gasteiger partial charge in [-0.05, 0) is 24.6 Å². The van der Waals surface area contributed by atoms with Gasteiger partial charge in [-0.2, -0.15) is 4.99 Å². The summed E-state index contributed by atoms with van der Waals surface area (Å²) in [6.07, 6.45) is 0. The van der Waals surface area contributed by atoms with Gasteiger partial charge in [-0.3, -0.25) is 4.79 Å². The SMILES string of the molecule is CC(N)=NC(=O)c1c(O)ccc(Cl)c1-c1ccccc1. The normalized spacial score (nSPS) is 11.4. The molecule has 4 nitrogen and oxygen atoms in total. The number of aromatic hydroxyl groups is 1. The van der Waals surface area contributed by atoms with Gasteiger partial charge in [-0.25, -0.2) is 0 Å². The van der Waals surface area contributed by atoms with E-state index in [-0.39, 0.29) is 17.1 Å². The Balaban J connectivity index is 2.71. The standard InChI is InChI=1S/C15H13ClN2O2/c1-9(17)18-15(20)14-12(19)8-7-11(16)13(14)10-5-3-2-4-6-10/h2-8,19H,1H3,(H2,17,18,20). The van der Waals surface area contributed by atoms with Gasteiger partial charge in [0.05, 0.1) is 5.56 Å². The van der Waals surface area contributed by atoms with Crippen molar-refractivity contribution >= 4 is 23.3 Å². The first-order chi connectivity index (χ1) is 9.50. The number of hydrogen-bond acceptors (Lipinski definition) is 2. The number of amides is 1. The van der Waals surface area contributed by atoms with Crippen LogP contribution in [0.4, 0.5) is 0 Å². The third-order valence-electron chi connectivity index (χ3n) is 2.69. The molecule has 102 valence electrons. The van der Waals surface area contributed by atoms with Crippen LogP contribution in [0.1, 0.15) is 17.3 Å². The van der Waals surface area contributed by atoms with Crippen LogP contribution >= 0.6 is 11.6 Å². The Hall–Kier alpha value is -2.33. The van der Waals surface area contributed by atoms with Crippen molar-refractivity contribution < 1.29 is 9.90 Å². The van der Waals surface area contributed by atoms with Crippen LogP contribution < -0.4 is 5.73 Å². The van der Waals surface area contributed by atoms with Crippen LogP contribution in [-0.2, 0) is 0 Å². The summed E-state index contributed by atoms with van der Waals surface area (Å²) in [7, 11) is 0. The van der Waals surface area contributed by atoms with E-state index in [1.807, 2.05) is 18.2 Å². The smallest absolute Gasteiger partial charge is 0.283 e. The monoisotopic (exact) mass is 288 g/mol. The quantitative estimate of drug-likeness (QED) is 0.658. The lowest BCUT2D eigenvalue weighted by molar-refractivity contribution is 0.100. The summed E-state index contributed by atoms with van der Waals surface area (Å²) in [4.78, 5) is 15.8. The number of hydrogen-bond donors (Lipinski definition) is 2. The fourth-order valence-corrected chi connectivity index (χ4v) is 2.15. The zero-order valence-electron chi connectivity index (χ0n) is 10.8. The summed E-state index contributed by atoms with van der Waals surface area (Å²) < 4.78 is 0. The molecule has 0 bridgehead atoms. The van der Waals surface area contributed by atoms with Crippen LogP contribution in [0.2, 0.25) is 5.02 Å². The number of amidine groups is 1. The second kappa shape index (κ2) is 5.75. The van der Waals surface area contributed by atoms with E-state index in [0.717, 1.165) is 5.56 Å². The van der Waals surface area contributed by atoms with Gasteiger partial charge in [0.25, 0.3) is 5.91 Å². The lowest BCUT2D eigenvalue weighted by Gasteiger charge is -2.11. The maximum absolute atomic E-state index is 12.1. The highest BCUT2D eigenvalue weighted by molar-refractivity contribution is 6.34. The first-order valence-electron chi connectivity index (χ1n) is 5.92. The van der Waals surface area contributed by atoms with Crippen molar-refractivity contribution in [3.05, 3.63) is 53.1 Å². The molecule has 2 aromatic carbocycles. The first-order valence-corrected chi connectivity index (χ1v) is 6.30. The minimum Gasteiger partial charge on any atom is -0.507 e. The molecule has 2 rings (SSSR count). The second-order valence-electron chi connectivity index (χ2n) is 4.24. The highest BCUT2D eigenvalue weighted by Gasteiger charge is 2.20. The van der Waals surface area contributed by atoms with Crippen LogP contribution in [0.15, 0.2) is 47.5 Å². The molecule has 0 spiro atoms. The number of phenols is 1. The number of carbonyl (C=O) groups is 1. The molecule has 0 unspecified atom stereocenters. The van der Waals surface area contributed by atoms with E-state index in [1.54, 1.807) is 12.1 Å². The zero-order valence-corrected chi connectivity index (χ0v) is 11.6. The molecule has 0 aliphatic carbocycles. The number of aliphatic imine (C=N–C) groups is 1. The largest absolute Gasteiger partial charge is 0.507 e. The van der Waals surface area contributed by atoms with Gasteiger partial charge in [-0.15, -0.1) is 0 Å². The van der Waals surface area contributed by atoms with E-state index in [9.17, 15) is 9.90 Å². The lowest BCUT2D eigenvalue weighted by Crippen LogP contribution is -2.10. The molecule has 20 heavy (non-hydrogen) atoms. The minimum atomic E-state index is -0.621. The molecule has 5 heteroatoms. The van der Waals surface area contributed by atoms with Gasteiger partial charge >= 0.3 is 0 Å². The Labute approximate surface area is 121 Å². The summed E-state index contributed by atoms with van der Waals surface area (Å²) in [5.74, 6) is -0.680. The van der Waals surface area contributed by atoms with Gasteiger partial charge in [0, 0.05) is 10.6 Å². The van der Waals surface area contributed by atoms with Crippen molar-refractivity contribution in [1.82, 2.24) is 0 Å². The average Bonchev–Trinajstić information content (AvgIpc) is 2.41.